The molecule has 0 saturated carbocycles. The molecule has 0 spiro atoms. The third-order valence-electron chi connectivity index (χ3n) is 2.43. The minimum atomic E-state index is -3.53. The topological polar surface area (TPSA) is 66.4 Å². The van der Waals surface area contributed by atoms with Crippen molar-refractivity contribution < 1.29 is 13.5 Å². The number of halogens is 1. The van der Waals surface area contributed by atoms with Gasteiger partial charge in [-0.15, -0.1) is 22.7 Å². The summed E-state index contributed by atoms with van der Waals surface area (Å²) < 4.78 is 27.9. The minimum absolute atomic E-state index is 0.140. The van der Waals surface area contributed by atoms with Gasteiger partial charge < -0.3 is 5.11 Å². The van der Waals surface area contributed by atoms with Crippen LogP contribution in [0.2, 0.25) is 0 Å². The van der Waals surface area contributed by atoms with Gasteiger partial charge >= 0.3 is 0 Å². The third-order valence-corrected chi connectivity index (χ3v) is 6.75. The molecular weight excluding hydrogens is 370 g/mol. The van der Waals surface area contributed by atoms with Crippen LogP contribution >= 0.6 is 38.6 Å². The van der Waals surface area contributed by atoms with E-state index in [9.17, 15) is 8.42 Å². The summed E-state index contributed by atoms with van der Waals surface area (Å²) in [5.41, 5.74) is 0. The summed E-state index contributed by atoms with van der Waals surface area (Å²) in [6, 6.07) is 5.28. The normalized spacial score (nSPS) is 11.9. The molecule has 0 bridgehead atoms. The highest BCUT2D eigenvalue weighted by molar-refractivity contribution is 9.11. The van der Waals surface area contributed by atoms with Gasteiger partial charge in [0, 0.05) is 21.2 Å². The van der Waals surface area contributed by atoms with Crippen LogP contribution in [-0.2, 0) is 23.2 Å². The molecule has 0 radical (unpaired) electrons. The van der Waals surface area contributed by atoms with E-state index >= 15 is 0 Å². The second-order valence-corrected chi connectivity index (χ2v) is 9.45. The van der Waals surface area contributed by atoms with E-state index in [1.165, 1.54) is 28.7 Å². The molecule has 2 aromatic rings. The minimum Gasteiger partial charge on any atom is -0.391 e. The molecule has 19 heavy (non-hydrogen) atoms. The van der Waals surface area contributed by atoms with Crippen LogP contribution < -0.4 is 4.72 Å². The zero-order valence-corrected chi connectivity index (χ0v) is 14.0. The van der Waals surface area contributed by atoms with Gasteiger partial charge in [0.15, 0.2) is 0 Å². The molecule has 0 amide bonds. The van der Waals surface area contributed by atoms with Gasteiger partial charge in [0.2, 0.25) is 10.0 Å². The monoisotopic (exact) mass is 381 g/mol. The van der Waals surface area contributed by atoms with Crippen molar-refractivity contribution in [3.05, 3.63) is 36.6 Å². The fourth-order valence-corrected chi connectivity index (χ4v) is 5.57. The quantitative estimate of drug-likeness (QED) is 0.836. The zero-order chi connectivity index (χ0) is 14.0. The van der Waals surface area contributed by atoms with E-state index in [1.807, 2.05) is 12.1 Å². The summed E-state index contributed by atoms with van der Waals surface area (Å²) in [7, 11) is -3.53. The lowest BCUT2D eigenvalue weighted by Crippen LogP contribution is -2.22. The largest absolute Gasteiger partial charge is 0.391 e. The number of thiophene rings is 2. The van der Waals surface area contributed by atoms with Crippen molar-refractivity contribution in [1.82, 2.24) is 4.72 Å². The molecule has 4 nitrogen and oxygen atoms in total. The smallest absolute Gasteiger partial charge is 0.242 e. The first-order chi connectivity index (χ1) is 8.92. The molecule has 2 rings (SSSR count). The molecule has 104 valence electrons. The van der Waals surface area contributed by atoms with E-state index in [2.05, 4.69) is 20.7 Å². The summed E-state index contributed by atoms with van der Waals surface area (Å²) >= 11 is 6.12. The Kier molecular flexibility index (Phi) is 4.80. The summed E-state index contributed by atoms with van der Waals surface area (Å²) in [5, 5.41) is 9.04. The molecule has 0 saturated heterocycles. The van der Waals surface area contributed by atoms with E-state index in [0.29, 0.717) is 9.75 Å². The van der Waals surface area contributed by atoms with Crippen molar-refractivity contribution in [1.29, 1.82) is 0 Å². The number of rotatable bonds is 5. The van der Waals surface area contributed by atoms with Crippen LogP contribution in [0.3, 0.4) is 0 Å². The number of aliphatic hydroxyl groups excluding tert-OH is 1. The Bertz CT molecular complexity index is 675. The van der Waals surface area contributed by atoms with E-state index in [0.717, 1.165) is 8.66 Å². The Morgan fingerprint density at radius 3 is 2.58 bits per heavy atom. The number of aliphatic hydroxyl groups is 1. The average molecular weight is 382 g/mol. The van der Waals surface area contributed by atoms with E-state index in [4.69, 9.17) is 5.11 Å². The van der Waals surface area contributed by atoms with Gasteiger partial charge in [-0.1, -0.05) is 0 Å². The van der Waals surface area contributed by atoms with Crippen LogP contribution in [0, 0.1) is 6.92 Å². The molecule has 2 aromatic heterocycles. The van der Waals surface area contributed by atoms with Crippen molar-refractivity contribution in [2.75, 3.05) is 0 Å². The molecule has 8 heteroatoms. The molecule has 0 aliphatic heterocycles. The van der Waals surface area contributed by atoms with Gasteiger partial charge in [0.25, 0.3) is 0 Å². The lowest BCUT2D eigenvalue weighted by Gasteiger charge is -2.04. The predicted octanol–water partition coefficient (Wildman–Crippen LogP) is 2.85. The fourth-order valence-electron chi connectivity index (χ4n) is 1.56. The van der Waals surface area contributed by atoms with E-state index in [-0.39, 0.29) is 18.0 Å². The van der Waals surface area contributed by atoms with Crippen LogP contribution in [0.15, 0.2) is 26.9 Å². The predicted molar refractivity (Wildman–Crippen MR) is 81.0 cm³/mol. The molecule has 0 aromatic carbocycles. The van der Waals surface area contributed by atoms with Crippen molar-refractivity contribution in [3.8, 4) is 0 Å². The number of aryl methyl sites for hydroxylation is 1. The van der Waals surface area contributed by atoms with E-state index in [1.54, 1.807) is 6.92 Å². The average Bonchev–Trinajstić information content (AvgIpc) is 2.93. The first-order valence-electron chi connectivity index (χ1n) is 5.36. The zero-order valence-electron chi connectivity index (χ0n) is 10.0. The molecule has 0 aliphatic rings. The first kappa shape index (κ1) is 15.1. The van der Waals surface area contributed by atoms with Gasteiger partial charge in [-0.25, -0.2) is 13.1 Å². The van der Waals surface area contributed by atoms with Crippen LogP contribution in [0.5, 0.6) is 0 Å². The fraction of sp³-hybridized carbons (Fsp3) is 0.273. The Morgan fingerprint density at radius 1 is 1.32 bits per heavy atom. The van der Waals surface area contributed by atoms with Crippen molar-refractivity contribution in [2.45, 2.75) is 25.0 Å². The highest BCUT2D eigenvalue weighted by Gasteiger charge is 2.19. The van der Waals surface area contributed by atoms with Gasteiger partial charge in [-0.2, -0.15) is 0 Å². The molecule has 0 atom stereocenters. The van der Waals surface area contributed by atoms with Gasteiger partial charge in [0.1, 0.15) is 0 Å². The molecule has 0 aliphatic carbocycles. The Balaban J connectivity index is 2.15. The summed E-state index contributed by atoms with van der Waals surface area (Å²) in [6.45, 7) is 1.86. The molecule has 2 N–H and O–H groups in total. The van der Waals surface area contributed by atoms with E-state index < -0.39 is 10.0 Å². The SMILES string of the molecule is Cc1sc(CO)cc1S(=O)(=O)NCc1ccc(Br)s1. The third kappa shape index (κ3) is 3.65. The van der Waals surface area contributed by atoms with Crippen LogP contribution in [0.25, 0.3) is 0 Å². The number of sulfonamides is 1. The summed E-state index contributed by atoms with van der Waals surface area (Å²) in [6.07, 6.45) is 0. The molecule has 0 fully saturated rings. The van der Waals surface area contributed by atoms with Gasteiger partial charge in [-0.3, -0.25) is 0 Å². The second-order valence-electron chi connectivity index (χ2n) is 3.82. The number of hydrogen-bond donors (Lipinski definition) is 2. The number of nitrogens with one attached hydrogen (secondary N) is 1. The lowest BCUT2D eigenvalue weighted by molar-refractivity contribution is 0.285. The maximum atomic E-state index is 12.2. The van der Waals surface area contributed by atoms with Crippen LogP contribution in [0.1, 0.15) is 14.6 Å². The van der Waals surface area contributed by atoms with Crippen LogP contribution in [-0.4, -0.2) is 13.5 Å². The lowest BCUT2D eigenvalue weighted by atomic mass is 10.4. The van der Waals surface area contributed by atoms with Crippen molar-refractivity contribution >= 4 is 48.6 Å². The number of hydrogen-bond acceptors (Lipinski definition) is 5. The second kappa shape index (κ2) is 6.02. The van der Waals surface area contributed by atoms with Crippen LogP contribution in [0.4, 0.5) is 0 Å². The Hall–Kier alpha value is -0.250. The maximum Gasteiger partial charge on any atom is 0.242 e. The van der Waals surface area contributed by atoms with Crippen molar-refractivity contribution in [3.63, 3.8) is 0 Å². The highest BCUT2D eigenvalue weighted by Crippen LogP contribution is 2.26. The van der Waals surface area contributed by atoms with Gasteiger partial charge in [0.05, 0.1) is 15.3 Å². The molecular formula is C11H12BrNO3S3. The first-order valence-corrected chi connectivity index (χ1v) is 9.27. The maximum absolute atomic E-state index is 12.2. The van der Waals surface area contributed by atoms with Gasteiger partial charge in [-0.05, 0) is 41.1 Å². The Morgan fingerprint density at radius 2 is 2.05 bits per heavy atom. The summed E-state index contributed by atoms with van der Waals surface area (Å²) in [4.78, 5) is 2.52. The molecule has 2 heterocycles. The summed E-state index contributed by atoms with van der Waals surface area (Å²) in [5.74, 6) is 0. The Labute approximate surface area is 128 Å². The highest BCUT2D eigenvalue weighted by atomic mass is 79.9. The molecule has 0 unspecified atom stereocenters. The standard InChI is InChI=1S/C11H12BrNO3S3/c1-7-10(4-9(6-14)17-7)19(15,16)13-5-8-2-3-11(12)18-8/h2-4,13-14H,5-6H2,1H3. The van der Waals surface area contributed by atoms with Crippen molar-refractivity contribution in [2.24, 2.45) is 0 Å².